The maximum absolute atomic E-state index is 4.43. The highest BCUT2D eigenvalue weighted by Gasteiger charge is 2.29. The summed E-state index contributed by atoms with van der Waals surface area (Å²) < 4.78 is 0. The molecule has 0 spiro atoms. The molecule has 2 heteroatoms. The first-order chi connectivity index (χ1) is 11.7. The largest absolute Gasteiger partial charge is 0.393 e. The van der Waals surface area contributed by atoms with Crippen LogP contribution in [-0.4, -0.2) is 12.7 Å². The highest BCUT2D eigenvalue weighted by Crippen LogP contribution is 2.32. The summed E-state index contributed by atoms with van der Waals surface area (Å²) in [5.74, 6) is 0.504. The van der Waals surface area contributed by atoms with Gasteiger partial charge in [0.1, 0.15) is 0 Å². The third-order valence-electron chi connectivity index (χ3n) is 5.53. The van der Waals surface area contributed by atoms with Crippen LogP contribution in [0.15, 0.2) is 37.1 Å². The molecule has 1 atom stereocenters. The molecule has 0 bridgehead atoms. The number of fused-ring (bicyclic) bond motifs is 1. The summed E-state index contributed by atoms with van der Waals surface area (Å²) in [5.41, 5.74) is 7.32. The van der Waals surface area contributed by atoms with Crippen LogP contribution >= 0.6 is 0 Å². The van der Waals surface area contributed by atoms with Gasteiger partial charge in [0.05, 0.1) is 0 Å². The van der Waals surface area contributed by atoms with Crippen LogP contribution in [0.5, 0.6) is 0 Å². The normalized spacial score (nSPS) is 17.2. The van der Waals surface area contributed by atoms with Gasteiger partial charge in [-0.15, -0.1) is 0 Å². The Morgan fingerprint density at radius 2 is 2.00 bits per heavy atom. The lowest BCUT2D eigenvalue weighted by molar-refractivity contribution is 0.368. The van der Waals surface area contributed by atoms with E-state index in [0.29, 0.717) is 18.1 Å². The maximum atomic E-state index is 4.43. The molecule has 0 fully saturated rings. The fourth-order valence-electron chi connectivity index (χ4n) is 3.82. The molecule has 0 aliphatic carbocycles. The summed E-state index contributed by atoms with van der Waals surface area (Å²) in [6.07, 6.45) is 6.82. The minimum atomic E-state index is 0.408. The van der Waals surface area contributed by atoms with E-state index in [4.69, 9.17) is 0 Å². The summed E-state index contributed by atoms with van der Waals surface area (Å²) in [4.78, 5) is 0. The average molecular weight is 337 g/mol. The molecular weight excluding hydrogens is 301 g/mol. The highest BCUT2D eigenvalue weighted by atomic mass is 14.9. The lowest BCUT2D eigenvalue weighted by atomic mass is 9.39. The monoisotopic (exact) mass is 337 g/mol. The number of hydrogen-bond donors (Lipinski definition) is 1. The van der Waals surface area contributed by atoms with Gasteiger partial charge in [0.25, 0.3) is 0 Å². The fraction of sp³-hybridized carbons (Fsp3) is 0.565. The first kappa shape index (κ1) is 19.9. The van der Waals surface area contributed by atoms with E-state index in [0.717, 1.165) is 31.3 Å². The standard InChI is InChI=1S/C23H36BN/c1-8-18(3)25-22-15-19-12-9-13-20(21(19)16-24(22)7)17(2)11-10-14-23(4,5)6/h9,12-13,22,25H,2-3,8,10-11,14-16H2,1,4-7H3. The molecular formula is C23H36BN. The van der Waals surface area contributed by atoms with Crippen LogP contribution in [0.1, 0.15) is 70.1 Å². The van der Waals surface area contributed by atoms with Gasteiger partial charge in [0, 0.05) is 11.6 Å². The Hall–Kier alpha value is -1.44. The van der Waals surface area contributed by atoms with Gasteiger partial charge < -0.3 is 5.32 Å². The Bertz CT molecular complexity index is 623. The molecule has 136 valence electrons. The minimum absolute atomic E-state index is 0.408. The number of allylic oxidation sites excluding steroid dienone is 2. The van der Waals surface area contributed by atoms with Gasteiger partial charge in [-0.2, -0.15) is 0 Å². The average Bonchev–Trinajstić information content (AvgIpc) is 2.53. The zero-order valence-electron chi connectivity index (χ0n) is 17.0. The first-order valence-electron chi connectivity index (χ1n) is 9.94. The van der Waals surface area contributed by atoms with Crippen molar-refractivity contribution in [2.45, 2.75) is 78.9 Å². The minimum Gasteiger partial charge on any atom is -0.393 e. The van der Waals surface area contributed by atoms with Gasteiger partial charge >= 0.3 is 0 Å². The lowest BCUT2D eigenvalue weighted by Gasteiger charge is -2.32. The molecule has 25 heavy (non-hydrogen) atoms. The molecule has 1 aliphatic heterocycles. The van der Waals surface area contributed by atoms with Gasteiger partial charge in [-0.25, -0.2) is 0 Å². The Balaban J connectivity index is 2.10. The summed E-state index contributed by atoms with van der Waals surface area (Å²) in [6, 6.07) is 6.80. The van der Waals surface area contributed by atoms with E-state index in [1.807, 2.05) is 0 Å². The smallest absolute Gasteiger partial charge is 0.168 e. The van der Waals surface area contributed by atoms with E-state index < -0.39 is 0 Å². The van der Waals surface area contributed by atoms with Crippen molar-refractivity contribution in [2.75, 3.05) is 0 Å². The van der Waals surface area contributed by atoms with Crippen LogP contribution in [0.4, 0.5) is 0 Å². The van der Waals surface area contributed by atoms with E-state index in [1.54, 1.807) is 0 Å². The number of hydrogen-bond acceptors (Lipinski definition) is 1. The van der Waals surface area contributed by atoms with Crippen molar-refractivity contribution in [3.8, 4) is 0 Å². The van der Waals surface area contributed by atoms with Gasteiger partial charge in [0.15, 0.2) is 6.71 Å². The van der Waals surface area contributed by atoms with Gasteiger partial charge in [-0.05, 0) is 66.1 Å². The predicted molar refractivity (Wildman–Crippen MR) is 114 cm³/mol. The topological polar surface area (TPSA) is 12.0 Å². The third-order valence-corrected chi connectivity index (χ3v) is 5.53. The van der Waals surface area contributed by atoms with E-state index >= 15 is 0 Å². The van der Waals surface area contributed by atoms with Crippen molar-refractivity contribution in [3.63, 3.8) is 0 Å². The summed E-state index contributed by atoms with van der Waals surface area (Å²) in [5, 5.41) is 3.64. The predicted octanol–water partition coefficient (Wildman–Crippen LogP) is 6.10. The van der Waals surface area contributed by atoms with Gasteiger partial charge in [-0.3, -0.25) is 0 Å². The van der Waals surface area contributed by atoms with Crippen LogP contribution in [-0.2, 0) is 12.7 Å². The highest BCUT2D eigenvalue weighted by molar-refractivity contribution is 6.59. The second kappa shape index (κ2) is 8.30. The maximum Gasteiger partial charge on any atom is 0.168 e. The Morgan fingerprint density at radius 3 is 2.64 bits per heavy atom. The molecule has 1 N–H and O–H groups in total. The van der Waals surface area contributed by atoms with Crippen molar-refractivity contribution >= 4 is 12.3 Å². The number of benzene rings is 1. The van der Waals surface area contributed by atoms with Crippen molar-refractivity contribution in [2.24, 2.45) is 5.41 Å². The van der Waals surface area contributed by atoms with E-state index in [9.17, 15) is 0 Å². The van der Waals surface area contributed by atoms with Crippen molar-refractivity contribution < 1.29 is 0 Å². The molecule has 0 aromatic heterocycles. The second-order valence-electron chi connectivity index (χ2n) is 9.05. The van der Waals surface area contributed by atoms with Crippen molar-refractivity contribution in [1.82, 2.24) is 5.32 Å². The molecule has 1 nitrogen and oxygen atoms in total. The zero-order valence-corrected chi connectivity index (χ0v) is 17.0. The zero-order chi connectivity index (χ0) is 18.6. The van der Waals surface area contributed by atoms with Crippen molar-refractivity contribution in [3.05, 3.63) is 53.7 Å². The Kier molecular flexibility index (Phi) is 6.60. The number of rotatable bonds is 7. The molecule has 1 aromatic rings. The molecule has 0 saturated heterocycles. The van der Waals surface area contributed by atoms with Gasteiger partial charge in [0.2, 0.25) is 0 Å². The molecule has 1 heterocycles. The third kappa shape index (κ3) is 5.52. The lowest BCUT2D eigenvalue weighted by Crippen LogP contribution is -2.46. The van der Waals surface area contributed by atoms with E-state index in [2.05, 4.69) is 71.2 Å². The molecule has 1 aromatic carbocycles. The van der Waals surface area contributed by atoms with Crippen molar-refractivity contribution in [1.29, 1.82) is 0 Å². The molecule has 1 aliphatic rings. The Morgan fingerprint density at radius 1 is 1.28 bits per heavy atom. The molecule has 2 rings (SSSR count). The quantitative estimate of drug-likeness (QED) is 0.593. The molecule has 0 radical (unpaired) electrons. The van der Waals surface area contributed by atoms with Crippen LogP contribution in [0, 0.1) is 5.41 Å². The van der Waals surface area contributed by atoms with E-state index in [-0.39, 0.29) is 0 Å². The summed E-state index contributed by atoms with van der Waals surface area (Å²) in [6.45, 7) is 20.7. The van der Waals surface area contributed by atoms with Crippen LogP contribution in [0.25, 0.3) is 5.57 Å². The first-order valence-corrected chi connectivity index (χ1v) is 9.94. The van der Waals surface area contributed by atoms with Gasteiger partial charge in [-0.1, -0.05) is 65.9 Å². The SMILES string of the molecule is C=C(CC)NC1Cc2cccc(C(=C)CCCC(C)(C)C)c2CB1C. The van der Waals surface area contributed by atoms with Crippen LogP contribution < -0.4 is 5.32 Å². The Labute approximate surface area is 156 Å². The summed E-state index contributed by atoms with van der Waals surface area (Å²) >= 11 is 0. The second-order valence-corrected chi connectivity index (χ2v) is 9.05. The van der Waals surface area contributed by atoms with Crippen LogP contribution in [0.2, 0.25) is 6.82 Å². The summed E-state index contributed by atoms with van der Waals surface area (Å²) in [7, 11) is 0. The molecule has 1 unspecified atom stereocenters. The van der Waals surface area contributed by atoms with Crippen LogP contribution in [0.3, 0.4) is 0 Å². The fourth-order valence-corrected chi connectivity index (χ4v) is 3.82. The number of nitrogens with one attached hydrogen (secondary N) is 1. The molecule has 0 saturated carbocycles. The molecule has 0 amide bonds. The van der Waals surface area contributed by atoms with E-state index in [1.165, 1.54) is 35.1 Å².